The molecule has 130 valence electrons. The summed E-state index contributed by atoms with van der Waals surface area (Å²) in [6.45, 7) is 10.4. The summed E-state index contributed by atoms with van der Waals surface area (Å²) in [6, 6.07) is 8.51. The number of nitrogens with one attached hydrogen (secondary N) is 1. The highest BCUT2D eigenvalue weighted by atomic mass is 16.3. The first-order chi connectivity index (χ1) is 10.9. The highest BCUT2D eigenvalue weighted by Gasteiger charge is 2.13. The zero-order valence-electron chi connectivity index (χ0n) is 15.1. The SMILES string of the molecule is CCCCN(CCO)C(=O)NCCc1ccc(C(C)(C)C)cc1. The average Bonchev–Trinajstić information content (AvgIpc) is 2.51. The van der Waals surface area contributed by atoms with Crippen LogP contribution in [0.25, 0.3) is 0 Å². The molecular formula is C19H32N2O2. The van der Waals surface area contributed by atoms with Crippen molar-refractivity contribution in [1.29, 1.82) is 0 Å². The molecule has 2 N–H and O–H groups in total. The van der Waals surface area contributed by atoms with Gasteiger partial charge in [0.2, 0.25) is 0 Å². The standard InChI is InChI=1S/C19H32N2O2/c1-5-6-13-21(14-15-22)18(23)20-12-11-16-7-9-17(10-8-16)19(2,3)4/h7-10,22H,5-6,11-15H2,1-4H3,(H,20,23). The van der Waals surface area contributed by atoms with Crippen LogP contribution in [0.3, 0.4) is 0 Å². The number of amides is 2. The minimum Gasteiger partial charge on any atom is -0.395 e. The fourth-order valence-corrected chi connectivity index (χ4v) is 2.38. The van der Waals surface area contributed by atoms with E-state index in [1.54, 1.807) is 4.90 Å². The Morgan fingerprint density at radius 1 is 1.17 bits per heavy atom. The molecule has 0 fully saturated rings. The van der Waals surface area contributed by atoms with Crippen molar-refractivity contribution >= 4 is 6.03 Å². The minimum absolute atomic E-state index is 0.00536. The predicted molar refractivity (Wildman–Crippen MR) is 95.8 cm³/mol. The molecule has 0 radical (unpaired) electrons. The van der Waals surface area contributed by atoms with Crippen molar-refractivity contribution in [2.45, 2.75) is 52.4 Å². The van der Waals surface area contributed by atoms with Crippen LogP contribution < -0.4 is 5.32 Å². The van der Waals surface area contributed by atoms with Gasteiger partial charge in [0.25, 0.3) is 0 Å². The normalized spacial score (nSPS) is 11.3. The topological polar surface area (TPSA) is 52.6 Å². The fourth-order valence-electron chi connectivity index (χ4n) is 2.38. The Hall–Kier alpha value is -1.55. The number of nitrogens with zero attached hydrogens (tertiary/aromatic N) is 1. The van der Waals surface area contributed by atoms with E-state index in [2.05, 4.69) is 57.3 Å². The van der Waals surface area contributed by atoms with Crippen molar-refractivity contribution in [2.75, 3.05) is 26.2 Å². The van der Waals surface area contributed by atoms with Gasteiger partial charge in [-0.05, 0) is 29.4 Å². The molecule has 0 saturated heterocycles. The third kappa shape index (κ3) is 7.04. The molecule has 0 unspecified atom stereocenters. The van der Waals surface area contributed by atoms with E-state index >= 15 is 0 Å². The molecule has 0 aromatic heterocycles. The monoisotopic (exact) mass is 320 g/mol. The number of rotatable bonds is 8. The van der Waals surface area contributed by atoms with Crippen molar-refractivity contribution < 1.29 is 9.90 Å². The second kappa shape index (κ2) is 9.56. The van der Waals surface area contributed by atoms with E-state index in [4.69, 9.17) is 5.11 Å². The molecule has 0 bridgehead atoms. The lowest BCUT2D eigenvalue weighted by Crippen LogP contribution is -2.42. The van der Waals surface area contributed by atoms with Crippen molar-refractivity contribution in [2.24, 2.45) is 0 Å². The number of unbranched alkanes of at least 4 members (excludes halogenated alkanes) is 1. The van der Waals surface area contributed by atoms with Gasteiger partial charge in [0.1, 0.15) is 0 Å². The summed E-state index contributed by atoms with van der Waals surface area (Å²) in [5, 5.41) is 12.0. The van der Waals surface area contributed by atoms with E-state index in [-0.39, 0.29) is 18.1 Å². The molecule has 0 atom stereocenters. The molecule has 0 aliphatic carbocycles. The van der Waals surface area contributed by atoms with Crippen molar-refractivity contribution in [3.63, 3.8) is 0 Å². The molecule has 0 aliphatic rings. The van der Waals surface area contributed by atoms with Gasteiger partial charge in [-0.2, -0.15) is 0 Å². The van der Waals surface area contributed by atoms with Gasteiger partial charge in [-0.1, -0.05) is 58.4 Å². The molecular weight excluding hydrogens is 288 g/mol. The molecule has 1 rings (SSSR count). The van der Waals surface area contributed by atoms with Crippen LogP contribution in [-0.4, -0.2) is 42.3 Å². The van der Waals surface area contributed by atoms with Crippen LogP contribution in [0.4, 0.5) is 4.79 Å². The third-order valence-corrected chi connectivity index (χ3v) is 3.95. The van der Waals surface area contributed by atoms with Crippen LogP contribution >= 0.6 is 0 Å². The fraction of sp³-hybridized carbons (Fsp3) is 0.632. The van der Waals surface area contributed by atoms with Crippen LogP contribution in [0.15, 0.2) is 24.3 Å². The van der Waals surface area contributed by atoms with Crippen LogP contribution in [-0.2, 0) is 11.8 Å². The first-order valence-electron chi connectivity index (χ1n) is 8.61. The first kappa shape index (κ1) is 19.5. The average molecular weight is 320 g/mol. The van der Waals surface area contributed by atoms with Crippen LogP contribution in [0, 0.1) is 0 Å². The molecule has 4 nitrogen and oxygen atoms in total. The Balaban J connectivity index is 2.44. The Bertz CT molecular complexity index is 463. The maximum atomic E-state index is 12.1. The number of aliphatic hydroxyl groups excluding tert-OH is 1. The smallest absolute Gasteiger partial charge is 0.317 e. The Labute approximate surface area is 140 Å². The Morgan fingerprint density at radius 2 is 1.83 bits per heavy atom. The van der Waals surface area contributed by atoms with Gasteiger partial charge in [0, 0.05) is 19.6 Å². The Morgan fingerprint density at radius 3 is 2.35 bits per heavy atom. The summed E-state index contributed by atoms with van der Waals surface area (Å²) < 4.78 is 0. The maximum absolute atomic E-state index is 12.1. The second-order valence-electron chi connectivity index (χ2n) is 6.99. The maximum Gasteiger partial charge on any atom is 0.317 e. The third-order valence-electron chi connectivity index (χ3n) is 3.95. The molecule has 23 heavy (non-hydrogen) atoms. The molecule has 0 saturated carbocycles. The van der Waals surface area contributed by atoms with Gasteiger partial charge < -0.3 is 15.3 Å². The summed E-state index contributed by atoms with van der Waals surface area (Å²) in [5.41, 5.74) is 2.70. The van der Waals surface area contributed by atoms with E-state index in [0.29, 0.717) is 19.6 Å². The summed E-state index contributed by atoms with van der Waals surface area (Å²) in [5.74, 6) is 0. The highest BCUT2D eigenvalue weighted by Crippen LogP contribution is 2.22. The van der Waals surface area contributed by atoms with Crippen LogP contribution in [0.5, 0.6) is 0 Å². The zero-order chi connectivity index (χ0) is 17.3. The lowest BCUT2D eigenvalue weighted by Gasteiger charge is -2.22. The molecule has 1 aromatic rings. The number of urea groups is 1. The number of carbonyl (C=O) groups excluding carboxylic acids is 1. The summed E-state index contributed by atoms with van der Waals surface area (Å²) in [6.07, 6.45) is 2.81. The lowest BCUT2D eigenvalue weighted by molar-refractivity contribution is 0.176. The van der Waals surface area contributed by atoms with E-state index in [1.165, 1.54) is 11.1 Å². The second-order valence-corrected chi connectivity index (χ2v) is 6.99. The molecule has 0 heterocycles. The van der Waals surface area contributed by atoms with Gasteiger partial charge >= 0.3 is 6.03 Å². The molecule has 1 aromatic carbocycles. The molecule has 0 aliphatic heterocycles. The van der Waals surface area contributed by atoms with Gasteiger partial charge in [0.15, 0.2) is 0 Å². The van der Waals surface area contributed by atoms with Gasteiger partial charge in [-0.15, -0.1) is 0 Å². The van der Waals surface area contributed by atoms with Crippen LogP contribution in [0.1, 0.15) is 51.7 Å². The number of hydrogen-bond donors (Lipinski definition) is 2. The summed E-state index contributed by atoms with van der Waals surface area (Å²) in [4.78, 5) is 13.8. The molecule has 0 spiro atoms. The quantitative estimate of drug-likeness (QED) is 0.772. The summed E-state index contributed by atoms with van der Waals surface area (Å²) >= 11 is 0. The number of benzene rings is 1. The van der Waals surface area contributed by atoms with E-state index in [9.17, 15) is 4.79 Å². The summed E-state index contributed by atoms with van der Waals surface area (Å²) in [7, 11) is 0. The minimum atomic E-state index is -0.0844. The predicted octanol–water partition coefficient (Wildman–Crippen LogP) is 3.33. The highest BCUT2D eigenvalue weighted by molar-refractivity contribution is 5.74. The zero-order valence-corrected chi connectivity index (χ0v) is 15.1. The van der Waals surface area contributed by atoms with Gasteiger partial charge in [-0.25, -0.2) is 4.79 Å². The van der Waals surface area contributed by atoms with Gasteiger partial charge in [0.05, 0.1) is 6.61 Å². The largest absolute Gasteiger partial charge is 0.395 e. The molecule has 4 heteroatoms. The van der Waals surface area contributed by atoms with E-state index in [0.717, 1.165) is 19.3 Å². The number of hydrogen-bond acceptors (Lipinski definition) is 2. The number of carbonyl (C=O) groups is 1. The van der Waals surface area contributed by atoms with E-state index < -0.39 is 0 Å². The van der Waals surface area contributed by atoms with Gasteiger partial charge in [-0.3, -0.25) is 0 Å². The van der Waals surface area contributed by atoms with Crippen molar-refractivity contribution in [3.05, 3.63) is 35.4 Å². The first-order valence-corrected chi connectivity index (χ1v) is 8.61. The Kier molecular flexibility index (Phi) is 8.10. The van der Waals surface area contributed by atoms with Crippen molar-refractivity contribution in [3.8, 4) is 0 Å². The van der Waals surface area contributed by atoms with Crippen LogP contribution in [0.2, 0.25) is 0 Å². The number of aliphatic hydroxyl groups is 1. The van der Waals surface area contributed by atoms with E-state index in [1.807, 2.05) is 0 Å². The van der Waals surface area contributed by atoms with Crippen molar-refractivity contribution in [1.82, 2.24) is 10.2 Å². The molecule has 2 amide bonds. The lowest BCUT2D eigenvalue weighted by atomic mass is 9.86.